The van der Waals surface area contributed by atoms with E-state index in [2.05, 4.69) is 0 Å². The van der Waals surface area contributed by atoms with E-state index in [1.54, 1.807) is 37.3 Å². The van der Waals surface area contributed by atoms with Crippen molar-refractivity contribution < 1.29 is 13.2 Å². The van der Waals surface area contributed by atoms with Crippen LogP contribution in [-0.4, -0.2) is 31.6 Å². The SMILES string of the molecule is CC1CN(S(=O)(=O)c2ccccc2)C(C)O1. The molecule has 0 aliphatic carbocycles. The van der Waals surface area contributed by atoms with Crippen LogP contribution in [0.3, 0.4) is 0 Å². The van der Waals surface area contributed by atoms with Crippen molar-refractivity contribution in [1.29, 1.82) is 0 Å². The average Bonchev–Trinajstić information content (AvgIpc) is 2.60. The number of sulfonamides is 1. The van der Waals surface area contributed by atoms with Crippen LogP contribution in [0.1, 0.15) is 13.8 Å². The molecule has 4 nitrogen and oxygen atoms in total. The smallest absolute Gasteiger partial charge is 0.245 e. The quantitative estimate of drug-likeness (QED) is 0.787. The van der Waals surface area contributed by atoms with Crippen LogP contribution in [0.4, 0.5) is 0 Å². The lowest BCUT2D eigenvalue weighted by Gasteiger charge is -2.19. The number of ether oxygens (including phenoxy) is 1. The Morgan fingerprint density at radius 2 is 1.88 bits per heavy atom. The Kier molecular flexibility index (Phi) is 3.01. The van der Waals surface area contributed by atoms with E-state index in [0.29, 0.717) is 11.4 Å². The van der Waals surface area contributed by atoms with Crippen molar-refractivity contribution in [3.8, 4) is 0 Å². The molecule has 1 fully saturated rings. The summed E-state index contributed by atoms with van der Waals surface area (Å²) < 4.78 is 31.3. The number of benzene rings is 1. The monoisotopic (exact) mass is 241 g/mol. The number of rotatable bonds is 2. The van der Waals surface area contributed by atoms with Gasteiger partial charge in [0.1, 0.15) is 6.23 Å². The highest BCUT2D eigenvalue weighted by atomic mass is 32.2. The molecule has 0 N–H and O–H groups in total. The van der Waals surface area contributed by atoms with E-state index < -0.39 is 10.0 Å². The summed E-state index contributed by atoms with van der Waals surface area (Å²) in [5, 5.41) is 0. The topological polar surface area (TPSA) is 46.6 Å². The summed E-state index contributed by atoms with van der Waals surface area (Å²) in [7, 11) is -3.41. The van der Waals surface area contributed by atoms with E-state index in [-0.39, 0.29) is 12.3 Å². The van der Waals surface area contributed by atoms with Crippen LogP contribution in [0.15, 0.2) is 35.2 Å². The van der Waals surface area contributed by atoms with Crippen LogP contribution >= 0.6 is 0 Å². The molecule has 1 aliphatic rings. The van der Waals surface area contributed by atoms with Gasteiger partial charge in [0.25, 0.3) is 0 Å². The minimum Gasteiger partial charge on any atom is -0.358 e. The van der Waals surface area contributed by atoms with Crippen LogP contribution in [0, 0.1) is 0 Å². The third kappa shape index (κ3) is 1.98. The van der Waals surface area contributed by atoms with Gasteiger partial charge in [-0.15, -0.1) is 0 Å². The zero-order valence-electron chi connectivity index (χ0n) is 9.33. The molecule has 1 aliphatic heterocycles. The normalized spacial score (nSPS) is 27.1. The number of hydrogen-bond donors (Lipinski definition) is 0. The Labute approximate surface area is 95.9 Å². The van der Waals surface area contributed by atoms with E-state index in [0.717, 1.165) is 0 Å². The average molecular weight is 241 g/mol. The van der Waals surface area contributed by atoms with Gasteiger partial charge in [0, 0.05) is 6.54 Å². The molecule has 1 aromatic carbocycles. The maximum Gasteiger partial charge on any atom is 0.245 e. The highest BCUT2D eigenvalue weighted by Crippen LogP contribution is 2.24. The van der Waals surface area contributed by atoms with Gasteiger partial charge >= 0.3 is 0 Å². The number of nitrogens with zero attached hydrogens (tertiary/aromatic N) is 1. The van der Waals surface area contributed by atoms with Crippen molar-refractivity contribution in [3.05, 3.63) is 30.3 Å². The molecule has 2 rings (SSSR count). The van der Waals surface area contributed by atoms with Gasteiger partial charge in [-0.25, -0.2) is 8.42 Å². The van der Waals surface area contributed by atoms with Crippen molar-refractivity contribution in [2.75, 3.05) is 6.54 Å². The summed E-state index contributed by atoms with van der Waals surface area (Å²) in [5.74, 6) is 0. The molecule has 16 heavy (non-hydrogen) atoms. The maximum absolute atomic E-state index is 12.2. The van der Waals surface area contributed by atoms with Crippen molar-refractivity contribution >= 4 is 10.0 Å². The molecule has 1 saturated heterocycles. The second-order valence-corrected chi connectivity index (χ2v) is 5.82. The predicted molar refractivity (Wildman–Crippen MR) is 60.3 cm³/mol. The Balaban J connectivity index is 2.34. The van der Waals surface area contributed by atoms with E-state index in [1.165, 1.54) is 4.31 Å². The molecular weight excluding hydrogens is 226 g/mol. The molecule has 0 spiro atoms. The van der Waals surface area contributed by atoms with Crippen LogP contribution < -0.4 is 0 Å². The van der Waals surface area contributed by atoms with E-state index in [4.69, 9.17) is 4.74 Å². The summed E-state index contributed by atoms with van der Waals surface area (Å²) >= 11 is 0. The molecule has 1 aromatic rings. The summed E-state index contributed by atoms with van der Waals surface area (Å²) in [6, 6.07) is 8.44. The molecule has 0 bridgehead atoms. The van der Waals surface area contributed by atoms with Gasteiger partial charge in [0.15, 0.2) is 0 Å². The second-order valence-electron chi connectivity index (χ2n) is 3.93. The van der Waals surface area contributed by atoms with Crippen LogP contribution in [0.2, 0.25) is 0 Å². The maximum atomic E-state index is 12.2. The second kappa shape index (κ2) is 4.16. The summed E-state index contributed by atoms with van der Waals surface area (Å²) in [6.07, 6.45) is -0.436. The minimum absolute atomic E-state index is 0.0477. The van der Waals surface area contributed by atoms with Gasteiger partial charge in [-0.3, -0.25) is 0 Å². The van der Waals surface area contributed by atoms with Gasteiger partial charge in [0.05, 0.1) is 11.0 Å². The van der Waals surface area contributed by atoms with Gasteiger partial charge in [-0.1, -0.05) is 18.2 Å². The van der Waals surface area contributed by atoms with Crippen molar-refractivity contribution in [2.24, 2.45) is 0 Å². The molecule has 88 valence electrons. The highest BCUT2D eigenvalue weighted by molar-refractivity contribution is 7.89. The van der Waals surface area contributed by atoms with Crippen molar-refractivity contribution in [1.82, 2.24) is 4.31 Å². The van der Waals surface area contributed by atoms with E-state index in [1.807, 2.05) is 6.92 Å². The number of hydrogen-bond acceptors (Lipinski definition) is 3. The fraction of sp³-hybridized carbons (Fsp3) is 0.455. The Hall–Kier alpha value is -0.910. The molecule has 2 unspecified atom stereocenters. The van der Waals surface area contributed by atoms with Crippen LogP contribution in [-0.2, 0) is 14.8 Å². The Morgan fingerprint density at radius 3 is 2.38 bits per heavy atom. The van der Waals surface area contributed by atoms with Crippen LogP contribution in [0.25, 0.3) is 0 Å². The summed E-state index contributed by atoms with van der Waals surface area (Å²) in [4.78, 5) is 0.319. The highest BCUT2D eigenvalue weighted by Gasteiger charge is 2.36. The third-order valence-corrected chi connectivity index (χ3v) is 4.55. The molecule has 2 atom stereocenters. The van der Waals surface area contributed by atoms with Crippen molar-refractivity contribution in [2.45, 2.75) is 31.1 Å². The summed E-state index contributed by atoms with van der Waals surface area (Å²) in [5.41, 5.74) is 0. The first-order valence-corrected chi connectivity index (χ1v) is 6.68. The first kappa shape index (κ1) is 11.6. The first-order chi connectivity index (χ1) is 7.51. The lowest BCUT2D eigenvalue weighted by atomic mass is 10.4. The van der Waals surface area contributed by atoms with Gasteiger partial charge in [-0.2, -0.15) is 4.31 Å². The standard InChI is InChI=1S/C11H15NO3S/c1-9-8-12(10(2)15-9)16(13,14)11-6-4-3-5-7-11/h3-7,9-10H,8H2,1-2H3. The predicted octanol–water partition coefficient (Wildman–Crippen LogP) is 1.44. The van der Waals surface area contributed by atoms with Gasteiger partial charge < -0.3 is 4.74 Å². The molecule has 0 saturated carbocycles. The molecule has 0 aromatic heterocycles. The van der Waals surface area contributed by atoms with Gasteiger partial charge in [0.2, 0.25) is 10.0 Å². The molecular formula is C11H15NO3S. The lowest BCUT2D eigenvalue weighted by molar-refractivity contribution is 0.0435. The van der Waals surface area contributed by atoms with Gasteiger partial charge in [-0.05, 0) is 26.0 Å². The summed E-state index contributed by atoms with van der Waals surface area (Å²) in [6.45, 7) is 4.04. The van der Waals surface area contributed by atoms with Crippen molar-refractivity contribution in [3.63, 3.8) is 0 Å². The minimum atomic E-state index is -3.41. The third-order valence-electron chi connectivity index (χ3n) is 2.62. The van der Waals surface area contributed by atoms with E-state index in [9.17, 15) is 8.42 Å². The Morgan fingerprint density at radius 1 is 1.25 bits per heavy atom. The fourth-order valence-electron chi connectivity index (χ4n) is 1.87. The molecule has 0 amide bonds. The molecule has 5 heteroatoms. The lowest BCUT2D eigenvalue weighted by Crippen LogP contribution is -2.34. The van der Waals surface area contributed by atoms with E-state index >= 15 is 0 Å². The van der Waals surface area contributed by atoms with Crippen LogP contribution in [0.5, 0.6) is 0 Å². The fourth-order valence-corrected chi connectivity index (χ4v) is 3.49. The zero-order chi connectivity index (χ0) is 11.8. The molecule has 1 heterocycles. The molecule has 0 radical (unpaired) electrons. The largest absolute Gasteiger partial charge is 0.358 e. The zero-order valence-corrected chi connectivity index (χ0v) is 10.1. The first-order valence-electron chi connectivity index (χ1n) is 5.24. The Bertz CT molecular complexity index is 457.